The first-order chi connectivity index (χ1) is 9.72. The molecule has 0 aromatic heterocycles. The molecule has 122 valence electrons. The third-order valence-electron chi connectivity index (χ3n) is 2.30. The number of hydrogen-bond acceptors (Lipinski definition) is 5. The minimum Gasteiger partial charge on any atom is -0.463 e. The zero-order valence-electron chi connectivity index (χ0n) is 13.4. The van der Waals surface area contributed by atoms with Crippen molar-refractivity contribution in [1.29, 1.82) is 0 Å². The molecule has 0 rings (SSSR count). The summed E-state index contributed by atoms with van der Waals surface area (Å²) in [7, 11) is 0. The highest BCUT2D eigenvalue weighted by Gasteiger charge is 1.96. The van der Waals surface area contributed by atoms with Crippen LogP contribution < -0.4 is 0 Å². The summed E-state index contributed by atoms with van der Waals surface area (Å²) in [6.45, 7) is 8.93. The van der Waals surface area contributed by atoms with E-state index in [4.69, 9.17) is 19.3 Å². The summed E-state index contributed by atoms with van der Waals surface area (Å²) in [5.41, 5.74) is 0. The number of unbranched alkanes of at least 4 members (excludes halogenated alkanes) is 2. The van der Waals surface area contributed by atoms with E-state index in [0.29, 0.717) is 19.6 Å². The Morgan fingerprint density at radius 2 is 1.40 bits per heavy atom. The van der Waals surface area contributed by atoms with E-state index < -0.39 is 0 Å². The standard InChI is InChI=1S/C8H18O.C7H14O4/c1-3-5-7-9-8-6-4-2;1-2-7(9)11-6-5-10-4-3-8/h3-8H2,1-2H3;8H,2-6H2,1H3. The van der Waals surface area contributed by atoms with Crippen LogP contribution in [-0.2, 0) is 19.0 Å². The predicted octanol–water partition coefficient (Wildman–Crippen LogP) is 2.55. The van der Waals surface area contributed by atoms with Crippen molar-refractivity contribution in [3.8, 4) is 0 Å². The van der Waals surface area contributed by atoms with Gasteiger partial charge in [-0.25, -0.2) is 0 Å². The van der Waals surface area contributed by atoms with Gasteiger partial charge in [-0.05, 0) is 12.8 Å². The number of ether oxygens (including phenoxy) is 3. The Morgan fingerprint density at radius 1 is 0.850 bits per heavy atom. The number of rotatable bonds is 12. The molecule has 0 amide bonds. The summed E-state index contributed by atoms with van der Waals surface area (Å²) in [5, 5.41) is 8.29. The van der Waals surface area contributed by atoms with Gasteiger partial charge in [-0.1, -0.05) is 33.6 Å². The highest BCUT2D eigenvalue weighted by atomic mass is 16.6. The topological polar surface area (TPSA) is 65.0 Å². The van der Waals surface area contributed by atoms with Gasteiger partial charge in [0, 0.05) is 19.6 Å². The lowest BCUT2D eigenvalue weighted by Gasteiger charge is -2.02. The molecule has 0 saturated heterocycles. The van der Waals surface area contributed by atoms with Gasteiger partial charge >= 0.3 is 5.97 Å². The van der Waals surface area contributed by atoms with Crippen molar-refractivity contribution in [2.45, 2.75) is 52.9 Å². The first-order valence-electron chi connectivity index (χ1n) is 7.64. The van der Waals surface area contributed by atoms with Gasteiger partial charge in [0.25, 0.3) is 0 Å². The Bertz CT molecular complexity index is 179. The average Bonchev–Trinajstić information content (AvgIpc) is 2.47. The SMILES string of the molecule is CCC(=O)OCCOCCO.CCCCOCCCC. The summed E-state index contributed by atoms with van der Waals surface area (Å²) in [6, 6.07) is 0. The van der Waals surface area contributed by atoms with Crippen molar-refractivity contribution >= 4 is 5.97 Å². The zero-order valence-corrected chi connectivity index (χ0v) is 13.4. The van der Waals surface area contributed by atoms with Crippen molar-refractivity contribution in [3.05, 3.63) is 0 Å². The Balaban J connectivity index is 0. The van der Waals surface area contributed by atoms with E-state index in [1.807, 2.05) is 0 Å². The highest BCUT2D eigenvalue weighted by Crippen LogP contribution is 1.91. The maximum absolute atomic E-state index is 10.5. The third kappa shape index (κ3) is 22.5. The number of hydrogen-bond donors (Lipinski definition) is 1. The van der Waals surface area contributed by atoms with Crippen LogP contribution in [0.1, 0.15) is 52.9 Å². The predicted molar refractivity (Wildman–Crippen MR) is 79.8 cm³/mol. The van der Waals surface area contributed by atoms with Crippen LogP contribution >= 0.6 is 0 Å². The van der Waals surface area contributed by atoms with E-state index in [1.165, 1.54) is 25.7 Å². The van der Waals surface area contributed by atoms with Crippen LogP contribution in [-0.4, -0.2) is 50.7 Å². The monoisotopic (exact) mass is 292 g/mol. The second-order valence-electron chi connectivity index (χ2n) is 4.23. The molecule has 0 atom stereocenters. The quantitative estimate of drug-likeness (QED) is 0.442. The summed E-state index contributed by atoms with van der Waals surface area (Å²) < 4.78 is 14.9. The summed E-state index contributed by atoms with van der Waals surface area (Å²) in [4.78, 5) is 10.5. The van der Waals surface area contributed by atoms with E-state index in [9.17, 15) is 4.79 Å². The lowest BCUT2D eigenvalue weighted by atomic mass is 10.3. The van der Waals surface area contributed by atoms with E-state index in [1.54, 1.807) is 6.92 Å². The highest BCUT2D eigenvalue weighted by molar-refractivity contribution is 5.68. The fraction of sp³-hybridized carbons (Fsp3) is 0.933. The first kappa shape index (κ1) is 21.6. The van der Waals surface area contributed by atoms with Crippen molar-refractivity contribution in [2.75, 3.05) is 39.6 Å². The lowest BCUT2D eigenvalue weighted by molar-refractivity contribution is -0.144. The molecule has 0 aliphatic carbocycles. The van der Waals surface area contributed by atoms with Gasteiger partial charge in [-0.3, -0.25) is 4.79 Å². The summed E-state index contributed by atoms with van der Waals surface area (Å²) >= 11 is 0. The molecule has 0 aliphatic rings. The van der Waals surface area contributed by atoms with Crippen LogP contribution in [0.2, 0.25) is 0 Å². The van der Waals surface area contributed by atoms with Gasteiger partial charge in [-0.2, -0.15) is 0 Å². The van der Waals surface area contributed by atoms with Crippen LogP contribution in [0.3, 0.4) is 0 Å². The van der Waals surface area contributed by atoms with Gasteiger partial charge in [-0.15, -0.1) is 0 Å². The molecule has 0 unspecified atom stereocenters. The smallest absolute Gasteiger partial charge is 0.305 e. The van der Waals surface area contributed by atoms with Gasteiger partial charge in [0.15, 0.2) is 0 Å². The molecule has 0 radical (unpaired) electrons. The van der Waals surface area contributed by atoms with Gasteiger partial charge in [0.1, 0.15) is 6.61 Å². The van der Waals surface area contributed by atoms with Gasteiger partial charge in [0.2, 0.25) is 0 Å². The molecule has 1 N–H and O–H groups in total. The number of carbonyl (C=O) groups excluding carboxylic acids is 1. The molecule has 0 heterocycles. The fourth-order valence-electron chi connectivity index (χ4n) is 1.08. The molecule has 20 heavy (non-hydrogen) atoms. The summed E-state index contributed by atoms with van der Waals surface area (Å²) in [5.74, 6) is -0.224. The zero-order chi connectivity index (χ0) is 15.5. The Hall–Kier alpha value is -0.650. The Morgan fingerprint density at radius 3 is 1.85 bits per heavy atom. The molecule has 0 fully saturated rings. The Kier molecular flexibility index (Phi) is 22.4. The molecule has 0 saturated carbocycles. The van der Waals surface area contributed by atoms with Crippen molar-refractivity contribution in [1.82, 2.24) is 0 Å². The molecular weight excluding hydrogens is 260 g/mol. The molecule has 5 heteroatoms. The Labute approximate surface area is 123 Å². The minimum atomic E-state index is -0.224. The molecule has 0 aromatic rings. The normalized spacial score (nSPS) is 9.80. The molecule has 0 bridgehead atoms. The second-order valence-corrected chi connectivity index (χ2v) is 4.23. The van der Waals surface area contributed by atoms with Crippen LogP contribution in [0, 0.1) is 0 Å². The molecule has 0 spiro atoms. The van der Waals surface area contributed by atoms with Crippen molar-refractivity contribution < 1.29 is 24.1 Å². The van der Waals surface area contributed by atoms with Gasteiger partial charge in [0.05, 0.1) is 19.8 Å². The van der Waals surface area contributed by atoms with Crippen molar-refractivity contribution in [2.24, 2.45) is 0 Å². The largest absolute Gasteiger partial charge is 0.463 e. The molecular formula is C15H32O5. The number of aliphatic hydroxyl groups is 1. The maximum atomic E-state index is 10.5. The van der Waals surface area contributed by atoms with E-state index in [0.717, 1.165) is 13.2 Å². The van der Waals surface area contributed by atoms with E-state index in [2.05, 4.69) is 13.8 Å². The maximum Gasteiger partial charge on any atom is 0.305 e. The van der Waals surface area contributed by atoms with E-state index >= 15 is 0 Å². The number of carbonyl (C=O) groups is 1. The van der Waals surface area contributed by atoms with Gasteiger partial charge < -0.3 is 19.3 Å². The van der Waals surface area contributed by atoms with E-state index in [-0.39, 0.29) is 19.2 Å². The van der Waals surface area contributed by atoms with Crippen LogP contribution in [0.4, 0.5) is 0 Å². The fourth-order valence-corrected chi connectivity index (χ4v) is 1.08. The van der Waals surface area contributed by atoms with Crippen molar-refractivity contribution in [3.63, 3.8) is 0 Å². The second kappa shape index (κ2) is 20.7. The molecule has 0 aromatic carbocycles. The van der Waals surface area contributed by atoms with Crippen LogP contribution in [0.15, 0.2) is 0 Å². The first-order valence-corrected chi connectivity index (χ1v) is 7.64. The van der Waals surface area contributed by atoms with Crippen LogP contribution in [0.5, 0.6) is 0 Å². The molecule has 5 nitrogen and oxygen atoms in total. The average molecular weight is 292 g/mol. The molecule has 0 aliphatic heterocycles. The summed E-state index contributed by atoms with van der Waals surface area (Å²) in [6.07, 6.45) is 5.30. The van der Waals surface area contributed by atoms with Crippen LogP contribution in [0.25, 0.3) is 0 Å². The third-order valence-corrected chi connectivity index (χ3v) is 2.30. The minimum absolute atomic E-state index is 0.00171. The number of aliphatic hydroxyl groups excluding tert-OH is 1. The number of esters is 1. The lowest BCUT2D eigenvalue weighted by Crippen LogP contribution is -2.10.